The van der Waals surface area contributed by atoms with Crippen LogP contribution in [0.2, 0.25) is 5.02 Å². The highest BCUT2D eigenvalue weighted by Gasteiger charge is 2.65. The van der Waals surface area contributed by atoms with Gasteiger partial charge in [-0.05, 0) is 19.5 Å². The predicted molar refractivity (Wildman–Crippen MR) is 127 cm³/mol. The number of halogens is 1. The second-order valence-electron chi connectivity index (χ2n) is 8.66. The Morgan fingerprint density at radius 1 is 1.12 bits per heavy atom. The van der Waals surface area contributed by atoms with Crippen LogP contribution < -0.4 is 30.0 Å². The maximum atomic E-state index is 14.3. The van der Waals surface area contributed by atoms with E-state index in [-0.39, 0.29) is 27.8 Å². The highest BCUT2D eigenvalue weighted by atomic mass is 35.5. The van der Waals surface area contributed by atoms with Crippen LogP contribution in [0.3, 0.4) is 0 Å². The number of nitrogens with one attached hydrogen (secondary N) is 1. The zero-order chi connectivity index (χ0) is 24.8. The lowest BCUT2D eigenvalue weighted by atomic mass is 9.63. The number of carbonyl (C=O) groups is 2. The Bertz CT molecular complexity index is 1140. The first kappa shape index (κ1) is 24.3. The molecule has 0 radical (unpaired) electrons. The summed E-state index contributed by atoms with van der Waals surface area (Å²) in [5.74, 6) is -0.902. The topological polar surface area (TPSA) is 109 Å². The van der Waals surface area contributed by atoms with Gasteiger partial charge in [0.2, 0.25) is 11.4 Å². The lowest BCUT2D eigenvalue weighted by Crippen LogP contribution is -2.65. The van der Waals surface area contributed by atoms with Crippen LogP contribution in [0, 0.1) is 11.8 Å². The second-order valence-corrected chi connectivity index (χ2v) is 9.04. The number of ether oxygens (including phenoxy) is 4. The standard InChI is InChI=1S/C25H29ClN2O6/c1-12-10-14(27)18(21(28-2)13-8-6-7-9-15(13)31-3)23(29)25(12)24(30)19-16(32-4)11-17(33-5)20(26)22(19)34-25/h6-9,11-12,14,18,21,28H,10,27H2,1-5H3/t12-,14?,18?,21?,25+/m1/s1. The van der Waals surface area contributed by atoms with Gasteiger partial charge >= 0.3 is 0 Å². The zero-order valence-electron chi connectivity index (χ0n) is 19.8. The molecule has 8 nitrogen and oxygen atoms in total. The molecule has 182 valence electrons. The SMILES string of the molecule is CNC(c1ccccc1OC)C1C(=O)[C@@]2(Oc3c(Cl)c(OC)cc(OC)c3C2=O)[C@H](C)CC1N. The summed E-state index contributed by atoms with van der Waals surface area (Å²) in [6, 6.07) is 7.92. The molecule has 1 spiro atoms. The van der Waals surface area contributed by atoms with Gasteiger partial charge in [-0.3, -0.25) is 9.59 Å². The quantitative estimate of drug-likeness (QED) is 0.597. The van der Waals surface area contributed by atoms with Gasteiger partial charge in [0.1, 0.15) is 27.8 Å². The molecule has 1 aliphatic carbocycles. The Hall–Kier alpha value is -2.81. The molecule has 3 unspecified atom stereocenters. The van der Waals surface area contributed by atoms with Crippen molar-refractivity contribution in [1.82, 2.24) is 5.32 Å². The first-order valence-electron chi connectivity index (χ1n) is 11.0. The molecule has 5 atom stereocenters. The number of carbonyl (C=O) groups excluding carboxylic acids is 2. The molecule has 2 aliphatic rings. The minimum absolute atomic E-state index is 0.0931. The summed E-state index contributed by atoms with van der Waals surface area (Å²) in [5.41, 5.74) is 5.69. The fourth-order valence-electron chi connectivity index (χ4n) is 5.34. The van der Waals surface area contributed by atoms with E-state index in [0.29, 0.717) is 12.2 Å². The molecule has 0 bridgehead atoms. The first-order valence-corrected chi connectivity index (χ1v) is 11.4. The maximum absolute atomic E-state index is 14.3. The van der Waals surface area contributed by atoms with Crippen LogP contribution in [-0.4, -0.2) is 51.6 Å². The van der Waals surface area contributed by atoms with E-state index in [1.807, 2.05) is 24.3 Å². The Morgan fingerprint density at radius 3 is 2.38 bits per heavy atom. The van der Waals surface area contributed by atoms with Crippen LogP contribution in [0.1, 0.15) is 35.3 Å². The van der Waals surface area contributed by atoms with Crippen LogP contribution in [-0.2, 0) is 4.79 Å². The fraction of sp³-hybridized carbons (Fsp3) is 0.440. The van der Waals surface area contributed by atoms with Crippen molar-refractivity contribution >= 4 is 23.2 Å². The maximum Gasteiger partial charge on any atom is 0.232 e. The highest BCUT2D eigenvalue weighted by molar-refractivity contribution is 6.36. The van der Waals surface area contributed by atoms with Gasteiger partial charge in [0.25, 0.3) is 0 Å². The number of rotatable bonds is 6. The molecule has 3 N–H and O–H groups in total. The monoisotopic (exact) mass is 488 g/mol. The number of hydrogen-bond acceptors (Lipinski definition) is 8. The molecular formula is C25H29ClN2O6. The van der Waals surface area contributed by atoms with Crippen molar-refractivity contribution in [3.8, 4) is 23.0 Å². The summed E-state index contributed by atoms with van der Waals surface area (Å²) in [5, 5.41) is 3.33. The van der Waals surface area contributed by atoms with Crippen LogP contribution >= 0.6 is 11.6 Å². The fourth-order valence-corrected chi connectivity index (χ4v) is 5.61. The third-order valence-electron chi connectivity index (χ3n) is 7.01. The normalized spacial score (nSPS) is 26.7. The van der Waals surface area contributed by atoms with Crippen molar-refractivity contribution in [2.24, 2.45) is 17.6 Å². The van der Waals surface area contributed by atoms with Crippen LogP contribution in [0.25, 0.3) is 0 Å². The van der Waals surface area contributed by atoms with E-state index in [2.05, 4.69) is 5.32 Å². The molecule has 34 heavy (non-hydrogen) atoms. The van der Waals surface area contributed by atoms with Gasteiger partial charge in [-0.2, -0.15) is 0 Å². The summed E-state index contributed by atoms with van der Waals surface area (Å²) in [6.07, 6.45) is 0.389. The van der Waals surface area contributed by atoms with Gasteiger partial charge < -0.3 is 30.0 Å². The largest absolute Gasteiger partial charge is 0.496 e. The van der Waals surface area contributed by atoms with Crippen molar-refractivity contribution in [2.75, 3.05) is 28.4 Å². The van der Waals surface area contributed by atoms with Gasteiger partial charge in [0, 0.05) is 29.6 Å². The molecule has 2 aromatic rings. The highest BCUT2D eigenvalue weighted by Crippen LogP contribution is 2.54. The summed E-state index contributed by atoms with van der Waals surface area (Å²) in [4.78, 5) is 28.2. The Balaban J connectivity index is 1.85. The molecule has 1 saturated carbocycles. The third-order valence-corrected chi connectivity index (χ3v) is 7.37. The summed E-state index contributed by atoms with van der Waals surface area (Å²) >= 11 is 6.51. The van der Waals surface area contributed by atoms with Crippen molar-refractivity contribution in [2.45, 2.75) is 31.0 Å². The number of ketones is 2. The Kier molecular flexibility index (Phi) is 6.50. The number of methoxy groups -OCH3 is 3. The number of hydrogen-bond donors (Lipinski definition) is 2. The van der Waals surface area contributed by atoms with Crippen molar-refractivity contribution in [3.05, 3.63) is 46.5 Å². The molecule has 0 amide bonds. The smallest absolute Gasteiger partial charge is 0.232 e. The summed E-state index contributed by atoms with van der Waals surface area (Å²) in [7, 11) is 6.21. The van der Waals surface area contributed by atoms with Crippen molar-refractivity contribution in [1.29, 1.82) is 0 Å². The van der Waals surface area contributed by atoms with E-state index in [0.717, 1.165) is 5.56 Å². The van der Waals surface area contributed by atoms with Crippen LogP contribution in [0.15, 0.2) is 30.3 Å². The van der Waals surface area contributed by atoms with Gasteiger partial charge in [-0.1, -0.05) is 36.7 Å². The second kappa shape index (κ2) is 9.09. The molecule has 0 saturated heterocycles. The number of Topliss-reactive ketones (excluding diaryl/α,β-unsaturated/α-hetero) is 2. The predicted octanol–water partition coefficient (Wildman–Crippen LogP) is 3.19. The van der Waals surface area contributed by atoms with Gasteiger partial charge in [0.05, 0.1) is 27.2 Å². The number of benzene rings is 2. The molecule has 2 aromatic carbocycles. The van der Waals surface area contributed by atoms with E-state index >= 15 is 0 Å². The van der Waals surface area contributed by atoms with Crippen molar-refractivity contribution in [3.63, 3.8) is 0 Å². The molecule has 9 heteroatoms. The van der Waals surface area contributed by atoms with Crippen LogP contribution in [0.5, 0.6) is 23.0 Å². The van der Waals surface area contributed by atoms with Gasteiger partial charge in [0.15, 0.2) is 11.5 Å². The summed E-state index contributed by atoms with van der Waals surface area (Å²) < 4.78 is 22.5. The minimum Gasteiger partial charge on any atom is -0.496 e. The van der Waals surface area contributed by atoms with E-state index in [1.165, 1.54) is 20.3 Å². The zero-order valence-corrected chi connectivity index (χ0v) is 20.6. The van der Waals surface area contributed by atoms with Crippen LogP contribution in [0.4, 0.5) is 0 Å². The third kappa shape index (κ3) is 3.35. The molecule has 1 fully saturated rings. The van der Waals surface area contributed by atoms with E-state index < -0.39 is 41.1 Å². The van der Waals surface area contributed by atoms with Gasteiger partial charge in [-0.15, -0.1) is 0 Å². The minimum atomic E-state index is -1.77. The molecule has 4 rings (SSSR count). The average molecular weight is 489 g/mol. The molecule has 1 aliphatic heterocycles. The average Bonchev–Trinajstić information content (AvgIpc) is 3.16. The Morgan fingerprint density at radius 2 is 1.76 bits per heavy atom. The number of para-hydroxylation sites is 1. The number of nitrogens with two attached hydrogens (primary N) is 1. The molecular weight excluding hydrogens is 460 g/mol. The number of fused-ring (bicyclic) bond motifs is 1. The van der Waals surface area contributed by atoms with E-state index in [4.69, 9.17) is 36.3 Å². The van der Waals surface area contributed by atoms with E-state index in [1.54, 1.807) is 21.1 Å². The van der Waals surface area contributed by atoms with E-state index in [9.17, 15) is 9.59 Å². The Labute approximate surface area is 203 Å². The first-order chi connectivity index (χ1) is 16.3. The lowest BCUT2D eigenvalue weighted by Gasteiger charge is -2.45. The van der Waals surface area contributed by atoms with Crippen molar-refractivity contribution < 1.29 is 28.5 Å². The summed E-state index contributed by atoms with van der Waals surface area (Å²) in [6.45, 7) is 1.80. The lowest BCUT2D eigenvalue weighted by molar-refractivity contribution is -0.144. The molecule has 0 aromatic heterocycles. The molecule has 1 heterocycles. The van der Waals surface area contributed by atoms with Gasteiger partial charge in [-0.25, -0.2) is 0 Å².